The summed E-state index contributed by atoms with van der Waals surface area (Å²) >= 11 is 0. The number of hydrogen-bond acceptors (Lipinski definition) is 3. The molecule has 1 aromatic rings. The molecule has 0 aromatic carbocycles. The first kappa shape index (κ1) is 23.1. The Bertz CT molecular complexity index is 692. The van der Waals surface area contributed by atoms with E-state index >= 15 is 0 Å². The van der Waals surface area contributed by atoms with Gasteiger partial charge in [-0.1, -0.05) is 50.9 Å². The summed E-state index contributed by atoms with van der Waals surface area (Å²) < 4.78 is 24.7. The highest BCUT2D eigenvalue weighted by Gasteiger charge is 2.37. The van der Waals surface area contributed by atoms with Gasteiger partial charge in [-0.15, -0.1) is 0 Å². The number of aromatic nitrogens is 1. The molecule has 3 atom stereocenters. The van der Waals surface area contributed by atoms with Crippen LogP contribution in [0.2, 0.25) is 0 Å². The largest absolute Gasteiger partial charge is 0.778 e. The lowest BCUT2D eigenvalue weighted by molar-refractivity contribution is -0.694. The molecule has 8 heteroatoms. The topological polar surface area (TPSA) is 102 Å². The Labute approximate surface area is 156 Å². The van der Waals surface area contributed by atoms with Crippen molar-refractivity contribution in [3.8, 4) is 11.8 Å². The van der Waals surface area contributed by atoms with Crippen molar-refractivity contribution in [3.05, 3.63) is 30.1 Å². The molecular formula is C18H29NO5P2. The fourth-order valence-electron chi connectivity index (χ4n) is 2.58. The summed E-state index contributed by atoms with van der Waals surface area (Å²) in [4.78, 5) is 30.3. The van der Waals surface area contributed by atoms with E-state index in [0.29, 0.717) is 5.56 Å². The monoisotopic (exact) mass is 401 g/mol. The van der Waals surface area contributed by atoms with Crippen molar-refractivity contribution in [1.82, 2.24) is 0 Å². The first-order chi connectivity index (χ1) is 12.1. The molecule has 1 aromatic heterocycles. The molecule has 26 heavy (non-hydrogen) atoms. The van der Waals surface area contributed by atoms with Gasteiger partial charge in [0.25, 0.3) is 0 Å². The molecule has 0 aliphatic rings. The molecule has 0 amide bonds. The van der Waals surface area contributed by atoms with Gasteiger partial charge in [-0.25, -0.2) is 4.57 Å². The highest BCUT2D eigenvalue weighted by Crippen LogP contribution is 2.57. The molecule has 0 spiro atoms. The van der Waals surface area contributed by atoms with Gasteiger partial charge in [0.2, 0.25) is 7.37 Å². The smallest absolute Gasteiger partial charge is 0.215 e. The second-order valence-corrected chi connectivity index (χ2v) is 11.3. The van der Waals surface area contributed by atoms with Crippen molar-refractivity contribution in [2.75, 3.05) is 6.66 Å². The van der Waals surface area contributed by atoms with Crippen LogP contribution in [0.1, 0.15) is 57.4 Å². The molecule has 0 aliphatic heterocycles. The van der Waals surface area contributed by atoms with E-state index in [-0.39, 0.29) is 6.54 Å². The minimum Gasteiger partial charge on any atom is -0.778 e. The van der Waals surface area contributed by atoms with E-state index in [1.54, 1.807) is 24.5 Å². The van der Waals surface area contributed by atoms with E-state index in [9.17, 15) is 23.8 Å². The van der Waals surface area contributed by atoms with Gasteiger partial charge in [-0.2, -0.15) is 0 Å². The van der Waals surface area contributed by atoms with Crippen LogP contribution < -0.4 is 9.46 Å². The van der Waals surface area contributed by atoms with E-state index < -0.39 is 20.4 Å². The van der Waals surface area contributed by atoms with Crippen LogP contribution in [0.3, 0.4) is 0 Å². The molecule has 0 fully saturated rings. The molecule has 3 unspecified atom stereocenters. The van der Waals surface area contributed by atoms with Crippen LogP contribution in [-0.4, -0.2) is 21.9 Å². The molecular weight excluding hydrogens is 372 g/mol. The highest BCUT2D eigenvalue weighted by atomic mass is 31.2. The minimum atomic E-state index is -4.94. The average molecular weight is 401 g/mol. The van der Waals surface area contributed by atoms with Gasteiger partial charge in [0.05, 0.1) is 5.56 Å². The molecule has 0 saturated carbocycles. The first-order valence-electron chi connectivity index (χ1n) is 8.96. The summed E-state index contributed by atoms with van der Waals surface area (Å²) in [6, 6.07) is 3.48. The maximum Gasteiger partial charge on any atom is 0.215 e. The van der Waals surface area contributed by atoms with Crippen LogP contribution in [0.15, 0.2) is 24.5 Å². The molecule has 1 heterocycles. The third-order valence-corrected chi connectivity index (χ3v) is 8.40. The molecule has 0 aliphatic carbocycles. The van der Waals surface area contributed by atoms with Crippen molar-refractivity contribution in [3.63, 3.8) is 0 Å². The quantitative estimate of drug-likeness (QED) is 0.272. The number of pyridine rings is 1. The number of hydrogen-bond donors (Lipinski definition) is 2. The Kier molecular flexibility index (Phi) is 9.79. The second kappa shape index (κ2) is 11.0. The fourth-order valence-corrected chi connectivity index (χ4v) is 5.63. The van der Waals surface area contributed by atoms with Gasteiger partial charge in [0.15, 0.2) is 31.9 Å². The Morgan fingerprint density at radius 3 is 2.46 bits per heavy atom. The lowest BCUT2D eigenvalue weighted by Crippen LogP contribution is -2.40. The van der Waals surface area contributed by atoms with Gasteiger partial charge < -0.3 is 19.2 Å². The Hall–Kier alpha value is -0.950. The predicted octanol–water partition coefficient (Wildman–Crippen LogP) is 2.85. The normalized spacial score (nSPS) is 16.8. The van der Waals surface area contributed by atoms with Crippen molar-refractivity contribution in [1.29, 1.82) is 0 Å². The van der Waals surface area contributed by atoms with Crippen LogP contribution >= 0.6 is 15.0 Å². The summed E-state index contributed by atoms with van der Waals surface area (Å²) in [5.41, 5.74) is 0.694. The van der Waals surface area contributed by atoms with E-state index in [0.717, 1.165) is 19.5 Å². The minimum absolute atomic E-state index is 0.297. The zero-order chi connectivity index (χ0) is 19.6. The van der Waals surface area contributed by atoms with Crippen LogP contribution in [-0.2, 0) is 15.7 Å². The van der Waals surface area contributed by atoms with Gasteiger partial charge in [-0.05, 0) is 12.5 Å². The summed E-state index contributed by atoms with van der Waals surface area (Å²) in [5, 5.41) is -1.73. The number of unbranched alkanes of at least 4 members (excludes halogenated alkanes) is 6. The molecule has 0 bridgehead atoms. The van der Waals surface area contributed by atoms with Crippen molar-refractivity contribution < 1.29 is 28.4 Å². The zero-order valence-electron chi connectivity index (χ0n) is 15.5. The first-order valence-corrected chi connectivity index (χ1v) is 12.8. The fraction of sp³-hybridized carbons (Fsp3) is 0.611. The van der Waals surface area contributed by atoms with Crippen molar-refractivity contribution >= 4 is 15.0 Å². The van der Waals surface area contributed by atoms with Crippen LogP contribution in [0.5, 0.6) is 0 Å². The van der Waals surface area contributed by atoms with Gasteiger partial charge in [0, 0.05) is 19.2 Å². The van der Waals surface area contributed by atoms with Crippen LogP contribution in [0.4, 0.5) is 0 Å². The zero-order valence-corrected chi connectivity index (χ0v) is 17.3. The predicted molar refractivity (Wildman–Crippen MR) is 101 cm³/mol. The van der Waals surface area contributed by atoms with Crippen molar-refractivity contribution in [2.45, 2.75) is 63.8 Å². The SMILES string of the molecule is CCCCCCCCC#Cc1ccc[n+](CC(P(C)(=O)O)P(=O)([O-])O)c1. The molecule has 1 rings (SSSR count). The summed E-state index contributed by atoms with van der Waals surface area (Å²) in [7, 11) is -8.94. The van der Waals surface area contributed by atoms with Crippen LogP contribution in [0.25, 0.3) is 0 Å². The lowest BCUT2D eigenvalue weighted by Gasteiger charge is -2.26. The molecule has 2 N–H and O–H groups in total. The third kappa shape index (κ3) is 9.12. The summed E-state index contributed by atoms with van der Waals surface area (Å²) in [6.07, 6.45) is 11.2. The maximum absolute atomic E-state index is 11.8. The molecule has 0 radical (unpaired) electrons. The summed E-state index contributed by atoms with van der Waals surface area (Å²) in [6.45, 7) is 2.83. The van der Waals surface area contributed by atoms with E-state index in [1.165, 1.54) is 36.7 Å². The lowest BCUT2D eigenvalue weighted by atomic mass is 10.1. The Morgan fingerprint density at radius 1 is 1.19 bits per heavy atom. The molecule has 6 nitrogen and oxygen atoms in total. The number of rotatable bonds is 10. The van der Waals surface area contributed by atoms with Gasteiger partial charge in [0.1, 0.15) is 0 Å². The highest BCUT2D eigenvalue weighted by molar-refractivity contribution is 7.72. The van der Waals surface area contributed by atoms with E-state index in [4.69, 9.17) is 0 Å². The molecule has 0 saturated heterocycles. The standard InChI is InChI=1S/C18H29NO5P2/c1-3-4-5-6-7-8-9-10-12-17-13-11-14-19(15-17)16-18(25(2,20)21)26(22,23)24/h11,13-15,18H,3-9,16H2,1-2H3,(H2-,20,21,22,23,24). The molecule has 146 valence electrons. The van der Waals surface area contributed by atoms with Crippen LogP contribution in [0, 0.1) is 11.8 Å². The van der Waals surface area contributed by atoms with Crippen molar-refractivity contribution in [2.24, 2.45) is 0 Å². The third-order valence-electron chi connectivity index (χ3n) is 4.05. The van der Waals surface area contributed by atoms with E-state index in [2.05, 4.69) is 18.8 Å². The maximum atomic E-state index is 11.8. The summed E-state index contributed by atoms with van der Waals surface area (Å²) in [5.74, 6) is 6.13. The average Bonchev–Trinajstić information content (AvgIpc) is 2.53. The number of nitrogens with zero attached hydrogens (tertiary/aromatic N) is 1. The Balaban J connectivity index is 2.64. The second-order valence-electron chi connectivity index (χ2n) is 6.60. The van der Waals surface area contributed by atoms with Gasteiger partial charge in [-0.3, -0.25) is 4.57 Å². The van der Waals surface area contributed by atoms with Gasteiger partial charge >= 0.3 is 0 Å². The Morgan fingerprint density at radius 2 is 1.85 bits per heavy atom. The van der Waals surface area contributed by atoms with E-state index in [1.807, 2.05) is 0 Å².